The van der Waals surface area contributed by atoms with E-state index in [9.17, 15) is 39.6 Å². The van der Waals surface area contributed by atoms with E-state index < -0.39 is 71.9 Å². The Labute approximate surface area is 248 Å². The topological polar surface area (TPSA) is 195 Å². The van der Waals surface area contributed by atoms with Crippen LogP contribution in [0, 0.1) is 11.8 Å². The molecule has 236 valence electrons. The number of carbonyl (C=O) groups is 4. The summed E-state index contributed by atoms with van der Waals surface area (Å²) >= 11 is 0. The molecule has 3 aliphatic heterocycles. The molecule has 9 unspecified atom stereocenters. The molecule has 3 fully saturated rings. The molecule has 43 heavy (non-hydrogen) atoms. The highest BCUT2D eigenvalue weighted by Gasteiger charge is 2.78. The van der Waals surface area contributed by atoms with E-state index in [0.717, 1.165) is 12.0 Å². The minimum absolute atomic E-state index is 0.0467. The number of rotatable bonds is 13. The van der Waals surface area contributed by atoms with Gasteiger partial charge in [-0.2, -0.15) is 0 Å². The fourth-order valence-electron chi connectivity index (χ4n) is 6.29. The van der Waals surface area contributed by atoms with Gasteiger partial charge in [-0.05, 0) is 43.2 Å². The van der Waals surface area contributed by atoms with Gasteiger partial charge in [-0.3, -0.25) is 9.59 Å². The van der Waals surface area contributed by atoms with Crippen LogP contribution in [0.25, 0.3) is 0 Å². The highest BCUT2D eigenvalue weighted by Crippen LogP contribution is 2.54. The van der Waals surface area contributed by atoms with E-state index in [-0.39, 0.29) is 18.8 Å². The molecule has 0 saturated carbocycles. The number of ether oxygens (including phenoxy) is 5. The Morgan fingerprint density at radius 1 is 1.09 bits per heavy atom. The fourth-order valence-corrected chi connectivity index (χ4v) is 6.29. The second kappa shape index (κ2) is 13.1. The molecular formula is C30H38O13. The van der Waals surface area contributed by atoms with Crippen LogP contribution < -0.4 is 0 Å². The molecule has 0 spiro atoms. The van der Waals surface area contributed by atoms with Gasteiger partial charge < -0.3 is 44.1 Å². The average molecular weight is 607 g/mol. The Balaban J connectivity index is 1.67. The number of hydrogen-bond donors (Lipinski definition) is 4. The molecule has 0 amide bonds. The normalized spacial score (nSPS) is 33.2. The molecule has 1 aromatic rings. The number of carboxylic acid groups (broad SMARTS) is 3. The third-order valence-electron chi connectivity index (χ3n) is 8.28. The number of fused-ring (bicyclic) bond motifs is 2. The molecule has 4 rings (SSSR count). The lowest BCUT2D eigenvalue weighted by atomic mass is 9.79. The fraction of sp³-hybridized carbons (Fsp3) is 0.600. The SMILES string of the molecule is C=C(CCC12OC(C(=O)O)C(C(=O)O)C(C(=O)O)(O1)C(O)C2OC1CCCCO1)C(OC(C)=O)C(C)Cc1ccccc1. The minimum Gasteiger partial charge on any atom is -0.481 e. The van der Waals surface area contributed by atoms with E-state index in [1.54, 1.807) is 0 Å². The van der Waals surface area contributed by atoms with Gasteiger partial charge in [0.25, 0.3) is 0 Å². The Morgan fingerprint density at radius 3 is 2.35 bits per heavy atom. The Hall–Kier alpha value is -3.36. The van der Waals surface area contributed by atoms with E-state index in [4.69, 9.17) is 23.7 Å². The first-order valence-electron chi connectivity index (χ1n) is 14.2. The van der Waals surface area contributed by atoms with Crippen LogP contribution in [-0.2, 0) is 49.3 Å². The van der Waals surface area contributed by atoms with Crippen molar-refractivity contribution >= 4 is 23.9 Å². The van der Waals surface area contributed by atoms with E-state index >= 15 is 0 Å². The first-order valence-corrected chi connectivity index (χ1v) is 14.2. The predicted octanol–water partition coefficient (Wildman–Crippen LogP) is 2.14. The van der Waals surface area contributed by atoms with Crippen LogP contribution in [0.2, 0.25) is 0 Å². The summed E-state index contributed by atoms with van der Waals surface area (Å²) in [5.41, 5.74) is -1.53. The van der Waals surface area contributed by atoms with Gasteiger partial charge in [-0.15, -0.1) is 0 Å². The maximum absolute atomic E-state index is 12.7. The molecule has 0 aromatic heterocycles. The van der Waals surface area contributed by atoms with Gasteiger partial charge in [-0.25, -0.2) is 9.59 Å². The number of aliphatic carboxylic acids is 3. The Bertz CT molecular complexity index is 1210. The van der Waals surface area contributed by atoms with Crippen molar-refractivity contribution in [1.82, 2.24) is 0 Å². The van der Waals surface area contributed by atoms with Crippen LogP contribution in [0.1, 0.15) is 51.5 Å². The van der Waals surface area contributed by atoms with Gasteiger partial charge in [0.05, 0.1) is 0 Å². The number of benzene rings is 1. The number of hydrogen-bond acceptors (Lipinski definition) is 10. The Kier molecular flexibility index (Phi) is 9.92. The molecule has 4 N–H and O–H groups in total. The summed E-state index contributed by atoms with van der Waals surface area (Å²) in [6, 6.07) is 9.50. The number of carbonyl (C=O) groups excluding carboxylic acids is 1. The molecule has 1 aromatic carbocycles. The first kappa shape index (κ1) is 32.6. The van der Waals surface area contributed by atoms with Gasteiger partial charge in [0.15, 0.2) is 18.2 Å². The van der Waals surface area contributed by atoms with Crippen LogP contribution in [-0.4, -0.2) is 93.0 Å². The molecule has 3 aliphatic rings. The lowest BCUT2D eigenvalue weighted by Crippen LogP contribution is -2.65. The van der Waals surface area contributed by atoms with Crippen LogP contribution >= 0.6 is 0 Å². The summed E-state index contributed by atoms with van der Waals surface area (Å²) in [5.74, 6) is -10.8. The van der Waals surface area contributed by atoms with Gasteiger partial charge in [0, 0.05) is 25.9 Å². The zero-order chi connectivity index (χ0) is 31.5. The van der Waals surface area contributed by atoms with E-state index in [2.05, 4.69) is 6.58 Å². The molecule has 3 saturated heterocycles. The van der Waals surface area contributed by atoms with Crippen LogP contribution in [0.3, 0.4) is 0 Å². The van der Waals surface area contributed by atoms with Crippen molar-refractivity contribution in [3.8, 4) is 0 Å². The predicted molar refractivity (Wildman–Crippen MR) is 146 cm³/mol. The monoisotopic (exact) mass is 606 g/mol. The Morgan fingerprint density at radius 2 is 1.79 bits per heavy atom. The van der Waals surface area contributed by atoms with E-state index in [0.29, 0.717) is 31.4 Å². The summed E-state index contributed by atoms with van der Waals surface area (Å²) < 4.78 is 28.9. The molecule has 2 bridgehead atoms. The van der Waals surface area contributed by atoms with Crippen molar-refractivity contribution in [1.29, 1.82) is 0 Å². The minimum atomic E-state index is -2.91. The maximum Gasteiger partial charge on any atom is 0.340 e. The quantitative estimate of drug-likeness (QED) is 0.188. The standard InChI is InChI=1S/C30H38O13/c1-16(22(40-18(3)31)17(2)15-19-9-5-4-6-10-19)12-13-29-25(41-20-11-7-8-14-39-20)24(32)30(43-29,28(37)38)21(26(33)34)23(42-29)27(35)36/h4-6,9-10,17,20-25,32H,1,7-8,11-15H2,2-3H3,(H,33,34)(H,35,36)(H,37,38). The average Bonchev–Trinajstić information content (AvgIpc) is 3.15. The second-order valence-corrected chi connectivity index (χ2v) is 11.4. The molecule has 13 nitrogen and oxygen atoms in total. The largest absolute Gasteiger partial charge is 0.481 e. The lowest BCUT2D eigenvalue weighted by molar-refractivity contribution is -0.354. The zero-order valence-electron chi connectivity index (χ0n) is 24.0. The molecule has 3 heterocycles. The van der Waals surface area contributed by atoms with Crippen LogP contribution in [0.4, 0.5) is 0 Å². The van der Waals surface area contributed by atoms with Gasteiger partial charge in [-0.1, -0.05) is 43.8 Å². The van der Waals surface area contributed by atoms with Gasteiger partial charge in [0.2, 0.25) is 5.60 Å². The number of carboxylic acids is 3. The highest BCUT2D eigenvalue weighted by atomic mass is 16.8. The smallest absolute Gasteiger partial charge is 0.340 e. The summed E-state index contributed by atoms with van der Waals surface area (Å²) in [7, 11) is 0. The molecule has 13 heteroatoms. The summed E-state index contributed by atoms with van der Waals surface area (Å²) in [6.07, 6.45) is -5.65. The second-order valence-electron chi connectivity index (χ2n) is 11.4. The summed E-state index contributed by atoms with van der Waals surface area (Å²) in [6.45, 7) is 7.57. The third-order valence-corrected chi connectivity index (χ3v) is 8.28. The number of aliphatic hydroxyl groups excluding tert-OH is 1. The maximum atomic E-state index is 12.7. The third kappa shape index (κ3) is 6.46. The van der Waals surface area contributed by atoms with E-state index in [1.165, 1.54) is 6.92 Å². The summed E-state index contributed by atoms with van der Waals surface area (Å²) in [5, 5.41) is 41.6. The van der Waals surface area contributed by atoms with Crippen molar-refractivity contribution in [2.75, 3.05) is 6.61 Å². The summed E-state index contributed by atoms with van der Waals surface area (Å²) in [4.78, 5) is 49.3. The molecule has 0 aliphatic carbocycles. The van der Waals surface area contributed by atoms with Crippen LogP contribution in [0.5, 0.6) is 0 Å². The first-order chi connectivity index (χ1) is 20.3. The van der Waals surface area contributed by atoms with Gasteiger partial charge >= 0.3 is 23.9 Å². The van der Waals surface area contributed by atoms with Crippen molar-refractivity contribution in [2.45, 2.75) is 94.5 Å². The number of esters is 1. The van der Waals surface area contributed by atoms with Crippen molar-refractivity contribution < 1.29 is 63.3 Å². The molecule has 0 radical (unpaired) electrons. The highest BCUT2D eigenvalue weighted by molar-refractivity contribution is 5.92. The molecule has 9 atom stereocenters. The van der Waals surface area contributed by atoms with Gasteiger partial charge in [0.1, 0.15) is 24.2 Å². The van der Waals surface area contributed by atoms with Crippen LogP contribution in [0.15, 0.2) is 42.5 Å². The lowest BCUT2D eigenvalue weighted by Gasteiger charge is -2.45. The van der Waals surface area contributed by atoms with Crippen molar-refractivity contribution in [3.05, 3.63) is 48.0 Å². The molecular weight excluding hydrogens is 568 g/mol. The van der Waals surface area contributed by atoms with Crippen molar-refractivity contribution in [3.63, 3.8) is 0 Å². The van der Waals surface area contributed by atoms with E-state index in [1.807, 2.05) is 37.3 Å². The number of aliphatic hydroxyl groups is 1. The zero-order valence-corrected chi connectivity index (χ0v) is 24.0. The van der Waals surface area contributed by atoms with Crippen molar-refractivity contribution in [2.24, 2.45) is 11.8 Å².